The number of fused-ring (bicyclic) bond motifs is 1. The fraction of sp³-hybridized carbons (Fsp3) is 0.353. The van der Waals surface area contributed by atoms with Crippen molar-refractivity contribution in [3.05, 3.63) is 41.5 Å². The standard InChI is InChI=1S/C17H19N3O2S/c1-21-14-4-2-13(3-5-14)16-15(12-19-6-9-22-10-7-19)18-17-20(16)8-11-23-17/h2-5,8,11H,6-7,9-10,12H2,1H3. The Hall–Kier alpha value is -1.89. The van der Waals surface area contributed by atoms with Crippen molar-refractivity contribution in [1.29, 1.82) is 0 Å². The van der Waals surface area contributed by atoms with Crippen LogP contribution < -0.4 is 4.74 Å². The second-order valence-electron chi connectivity index (χ2n) is 5.58. The molecule has 23 heavy (non-hydrogen) atoms. The van der Waals surface area contributed by atoms with Gasteiger partial charge < -0.3 is 9.47 Å². The van der Waals surface area contributed by atoms with Gasteiger partial charge in [-0.1, -0.05) is 0 Å². The number of methoxy groups -OCH3 is 1. The quantitative estimate of drug-likeness (QED) is 0.738. The summed E-state index contributed by atoms with van der Waals surface area (Å²) in [5.74, 6) is 0.870. The lowest BCUT2D eigenvalue weighted by atomic mass is 10.1. The van der Waals surface area contributed by atoms with Crippen LogP contribution in [0.3, 0.4) is 0 Å². The van der Waals surface area contributed by atoms with E-state index in [1.54, 1.807) is 18.4 Å². The Morgan fingerprint density at radius 3 is 2.74 bits per heavy atom. The summed E-state index contributed by atoms with van der Waals surface area (Å²) in [6.45, 7) is 4.40. The molecule has 1 aliphatic heterocycles. The Morgan fingerprint density at radius 1 is 1.22 bits per heavy atom. The smallest absolute Gasteiger partial charge is 0.194 e. The number of ether oxygens (including phenoxy) is 2. The molecule has 0 spiro atoms. The molecule has 0 amide bonds. The van der Waals surface area contributed by atoms with Crippen molar-refractivity contribution in [3.63, 3.8) is 0 Å². The van der Waals surface area contributed by atoms with Gasteiger partial charge in [-0.15, -0.1) is 11.3 Å². The number of benzene rings is 1. The largest absolute Gasteiger partial charge is 0.497 e. The molecule has 6 heteroatoms. The first-order valence-electron chi connectivity index (χ1n) is 7.74. The van der Waals surface area contributed by atoms with Crippen LogP contribution in [0.25, 0.3) is 16.2 Å². The molecule has 1 aromatic carbocycles. The van der Waals surface area contributed by atoms with Gasteiger partial charge in [-0.05, 0) is 24.3 Å². The van der Waals surface area contributed by atoms with Gasteiger partial charge in [-0.2, -0.15) is 0 Å². The molecule has 0 radical (unpaired) electrons. The van der Waals surface area contributed by atoms with E-state index in [0.717, 1.165) is 49.3 Å². The Balaban J connectivity index is 1.73. The van der Waals surface area contributed by atoms with E-state index in [9.17, 15) is 0 Å². The average molecular weight is 329 g/mol. The molecule has 1 saturated heterocycles. The van der Waals surface area contributed by atoms with Crippen molar-refractivity contribution in [2.45, 2.75) is 6.54 Å². The van der Waals surface area contributed by atoms with Gasteiger partial charge in [0, 0.05) is 36.8 Å². The van der Waals surface area contributed by atoms with E-state index >= 15 is 0 Å². The van der Waals surface area contributed by atoms with Gasteiger partial charge in [0.15, 0.2) is 4.96 Å². The second-order valence-corrected chi connectivity index (χ2v) is 6.45. The van der Waals surface area contributed by atoms with Crippen LogP contribution >= 0.6 is 11.3 Å². The summed E-state index contributed by atoms with van der Waals surface area (Å²) >= 11 is 1.67. The number of hydrogen-bond acceptors (Lipinski definition) is 5. The van der Waals surface area contributed by atoms with Gasteiger partial charge in [-0.3, -0.25) is 9.30 Å². The van der Waals surface area contributed by atoms with Crippen LogP contribution in [-0.2, 0) is 11.3 Å². The maximum atomic E-state index is 5.44. The SMILES string of the molecule is COc1ccc(-c2c(CN3CCOCC3)nc3sccn23)cc1. The molecule has 0 N–H and O–H groups in total. The normalized spacial score (nSPS) is 16.0. The van der Waals surface area contributed by atoms with Crippen LogP contribution in [0.5, 0.6) is 5.75 Å². The summed E-state index contributed by atoms with van der Waals surface area (Å²) in [4.78, 5) is 8.30. The minimum atomic E-state index is 0.806. The van der Waals surface area contributed by atoms with Crippen LogP contribution in [-0.4, -0.2) is 47.7 Å². The number of rotatable bonds is 4. The van der Waals surface area contributed by atoms with Crippen LogP contribution in [0.15, 0.2) is 35.8 Å². The van der Waals surface area contributed by atoms with Crippen molar-refractivity contribution < 1.29 is 9.47 Å². The molecule has 0 unspecified atom stereocenters. The van der Waals surface area contributed by atoms with E-state index in [0.29, 0.717) is 0 Å². The van der Waals surface area contributed by atoms with E-state index < -0.39 is 0 Å². The fourth-order valence-electron chi connectivity index (χ4n) is 2.97. The Morgan fingerprint density at radius 2 is 2.00 bits per heavy atom. The predicted molar refractivity (Wildman–Crippen MR) is 91.2 cm³/mol. The molecule has 2 aromatic heterocycles. The van der Waals surface area contributed by atoms with Gasteiger partial charge in [0.05, 0.1) is 31.7 Å². The van der Waals surface area contributed by atoms with Crippen LogP contribution in [0.1, 0.15) is 5.69 Å². The number of aromatic nitrogens is 2. The lowest BCUT2D eigenvalue weighted by Crippen LogP contribution is -2.35. The van der Waals surface area contributed by atoms with Crippen molar-refractivity contribution in [2.75, 3.05) is 33.4 Å². The molecule has 0 atom stereocenters. The van der Waals surface area contributed by atoms with Gasteiger partial charge in [0.25, 0.3) is 0 Å². The van der Waals surface area contributed by atoms with Crippen LogP contribution in [0.2, 0.25) is 0 Å². The average Bonchev–Trinajstić information content (AvgIpc) is 3.17. The lowest BCUT2D eigenvalue weighted by Gasteiger charge is -2.26. The van der Waals surface area contributed by atoms with E-state index in [1.807, 2.05) is 12.1 Å². The molecule has 120 valence electrons. The van der Waals surface area contributed by atoms with Crippen molar-refractivity contribution in [2.24, 2.45) is 0 Å². The second kappa shape index (κ2) is 6.31. The Labute approximate surface area is 139 Å². The molecule has 1 fully saturated rings. The molecule has 3 heterocycles. The predicted octanol–water partition coefficient (Wildman–Crippen LogP) is 2.90. The topological polar surface area (TPSA) is 39.0 Å². The van der Waals surface area contributed by atoms with E-state index in [4.69, 9.17) is 14.5 Å². The minimum absolute atomic E-state index is 0.806. The number of nitrogens with zero attached hydrogens (tertiary/aromatic N) is 3. The van der Waals surface area contributed by atoms with Gasteiger partial charge in [-0.25, -0.2) is 4.98 Å². The number of hydrogen-bond donors (Lipinski definition) is 0. The highest BCUT2D eigenvalue weighted by atomic mass is 32.1. The summed E-state index contributed by atoms with van der Waals surface area (Å²) in [6, 6.07) is 8.20. The zero-order chi connectivity index (χ0) is 15.6. The minimum Gasteiger partial charge on any atom is -0.497 e. The monoisotopic (exact) mass is 329 g/mol. The zero-order valence-electron chi connectivity index (χ0n) is 13.1. The van der Waals surface area contributed by atoms with Crippen molar-refractivity contribution in [3.8, 4) is 17.0 Å². The fourth-order valence-corrected chi connectivity index (χ4v) is 3.70. The summed E-state index contributed by atoms with van der Waals surface area (Å²) in [5, 5.41) is 2.08. The first kappa shape index (κ1) is 14.7. The van der Waals surface area contributed by atoms with E-state index in [1.165, 1.54) is 11.3 Å². The van der Waals surface area contributed by atoms with E-state index in [2.05, 4.69) is 33.0 Å². The number of thiazole rings is 1. The molecular weight excluding hydrogens is 310 g/mol. The Kier molecular flexibility index (Phi) is 4.03. The third kappa shape index (κ3) is 2.85. The first-order valence-corrected chi connectivity index (χ1v) is 8.62. The third-order valence-corrected chi connectivity index (χ3v) is 4.93. The molecule has 4 rings (SSSR count). The molecular formula is C17H19N3O2S. The lowest BCUT2D eigenvalue weighted by molar-refractivity contribution is 0.0338. The van der Waals surface area contributed by atoms with Crippen molar-refractivity contribution in [1.82, 2.24) is 14.3 Å². The maximum absolute atomic E-state index is 5.44. The Bertz CT molecular complexity index is 788. The van der Waals surface area contributed by atoms with Gasteiger partial charge in [0.2, 0.25) is 0 Å². The van der Waals surface area contributed by atoms with E-state index in [-0.39, 0.29) is 0 Å². The molecule has 1 aliphatic rings. The molecule has 3 aromatic rings. The molecule has 0 bridgehead atoms. The maximum Gasteiger partial charge on any atom is 0.194 e. The summed E-state index contributed by atoms with van der Waals surface area (Å²) in [6.07, 6.45) is 2.09. The van der Waals surface area contributed by atoms with Gasteiger partial charge >= 0.3 is 0 Å². The zero-order valence-corrected chi connectivity index (χ0v) is 13.9. The summed E-state index contributed by atoms with van der Waals surface area (Å²) in [5.41, 5.74) is 3.47. The van der Waals surface area contributed by atoms with Crippen LogP contribution in [0.4, 0.5) is 0 Å². The van der Waals surface area contributed by atoms with Crippen LogP contribution in [0, 0.1) is 0 Å². The molecule has 5 nitrogen and oxygen atoms in total. The van der Waals surface area contributed by atoms with Crippen molar-refractivity contribution >= 4 is 16.3 Å². The first-order chi connectivity index (χ1) is 11.3. The highest BCUT2D eigenvalue weighted by molar-refractivity contribution is 7.15. The number of morpholine rings is 1. The molecule has 0 aliphatic carbocycles. The number of imidazole rings is 1. The summed E-state index contributed by atoms with van der Waals surface area (Å²) < 4.78 is 12.9. The van der Waals surface area contributed by atoms with Gasteiger partial charge in [0.1, 0.15) is 5.75 Å². The highest BCUT2D eigenvalue weighted by Crippen LogP contribution is 2.29. The highest BCUT2D eigenvalue weighted by Gasteiger charge is 2.19. The summed E-state index contributed by atoms with van der Waals surface area (Å²) in [7, 11) is 1.69. The molecule has 0 saturated carbocycles. The third-order valence-electron chi connectivity index (χ3n) is 4.17.